The largest absolute Gasteiger partial charge is 0.228 e. The Bertz CT molecular complexity index is 2540. The lowest BCUT2D eigenvalue weighted by Crippen LogP contribution is -2.50. The lowest BCUT2D eigenvalue weighted by molar-refractivity contribution is 1.20. The summed E-state index contributed by atoms with van der Waals surface area (Å²) in [6.45, 7) is 4.88. The van der Waals surface area contributed by atoms with Gasteiger partial charge in [0.1, 0.15) is 8.07 Å². The Morgan fingerprint density at radius 3 is 1.29 bits per heavy atom. The van der Waals surface area contributed by atoms with Gasteiger partial charge in [0.25, 0.3) is 0 Å². The standard InChI is InChI=1S/C48H36N2Si/c1-51(2)44-25-10-9-24-43(44)46-47(51)45(41-22-12-20-39(31-41)34-16-7-4-8-17-34)49-48(50-46)42-23-13-21-40(32-42)36-28-26-35(27-29-36)38-19-11-18-37(30-38)33-14-5-3-6-15-33/h3-32H,1-2H3. The molecule has 0 spiro atoms. The number of aromatic nitrogens is 2. The number of fused-ring (bicyclic) bond motifs is 3. The van der Waals surface area contributed by atoms with Gasteiger partial charge in [0.05, 0.1) is 11.4 Å². The third kappa shape index (κ3) is 5.62. The molecule has 0 fully saturated rings. The van der Waals surface area contributed by atoms with Gasteiger partial charge in [-0.2, -0.15) is 0 Å². The number of nitrogens with zero attached hydrogens (tertiary/aromatic N) is 2. The summed E-state index contributed by atoms with van der Waals surface area (Å²) in [4.78, 5) is 10.8. The quantitative estimate of drug-likeness (QED) is 0.165. The van der Waals surface area contributed by atoms with Crippen LogP contribution in [0.5, 0.6) is 0 Å². The number of hydrogen-bond donors (Lipinski definition) is 0. The van der Waals surface area contributed by atoms with E-state index in [1.807, 2.05) is 0 Å². The minimum absolute atomic E-state index is 0.756. The van der Waals surface area contributed by atoms with Gasteiger partial charge >= 0.3 is 0 Å². The molecule has 51 heavy (non-hydrogen) atoms. The first-order valence-corrected chi connectivity index (χ1v) is 20.6. The van der Waals surface area contributed by atoms with E-state index in [1.54, 1.807) is 0 Å². The third-order valence-electron chi connectivity index (χ3n) is 10.3. The van der Waals surface area contributed by atoms with Crippen molar-refractivity contribution in [3.63, 3.8) is 0 Å². The van der Waals surface area contributed by atoms with Crippen molar-refractivity contribution in [3.05, 3.63) is 182 Å². The highest BCUT2D eigenvalue weighted by molar-refractivity contribution is 7.04. The molecule has 242 valence electrons. The molecule has 0 unspecified atom stereocenters. The number of rotatable bonds is 6. The molecule has 8 aromatic rings. The molecule has 2 heterocycles. The Labute approximate surface area is 300 Å². The first kappa shape index (κ1) is 30.9. The average molecular weight is 669 g/mol. The van der Waals surface area contributed by atoms with E-state index in [9.17, 15) is 0 Å². The maximum atomic E-state index is 5.44. The molecule has 2 nitrogen and oxygen atoms in total. The summed E-state index contributed by atoms with van der Waals surface area (Å²) in [7, 11) is -2.07. The summed E-state index contributed by atoms with van der Waals surface area (Å²) >= 11 is 0. The number of benzene rings is 7. The van der Waals surface area contributed by atoms with Crippen LogP contribution in [0.3, 0.4) is 0 Å². The maximum absolute atomic E-state index is 5.44. The van der Waals surface area contributed by atoms with Crippen LogP contribution in [0.25, 0.3) is 78.4 Å². The van der Waals surface area contributed by atoms with E-state index < -0.39 is 8.07 Å². The Kier molecular flexibility index (Phi) is 7.64. The van der Waals surface area contributed by atoms with Crippen LogP contribution in [0.2, 0.25) is 13.1 Å². The Morgan fingerprint density at radius 1 is 0.333 bits per heavy atom. The minimum atomic E-state index is -2.07. The van der Waals surface area contributed by atoms with Gasteiger partial charge in [-0.05, 0) is 78.6 Å². The number of hydrogen-bond acceptors (Lipinski definition) is 2. The highest BCUT2D eigenvalue weighted by Gasteiger charge is 2.41. The van der Waals surface area contributed by atoms with Crippen LogP contribution in [-0.4, -0.2) is 18.0 Å². The highest BCUT2D eigenvalue weighted by atomic mass is 28.3. The molecule has 0 bridgehead atoms. The Balaban J connectivity index is 1.12. The molecule has 3 heteroatoms. The summed E-state index contributed by atoms with van der Waals surface area (Å²) in [5.41, 5.74) is 15.1. The summed E-state index contributed by atoms with van der Waals surface area (Å²) < 4.78 is 0. The zero-order valence-electron chi connectivity index (χ0n) is 28.7. The molecular weight excluding hydrogens is 633 g/mol. The van der Waals surface area contributed by atoms with Gasteiger partial charge in [-0.1, -0.05) is 177 Å². The molecule has 0 N–H and O–H groups in total. The summed E-state index contributed by atoms with van der Waals surface area (Å²) in [5.74, 6) is 0.756. The molecule has 1 aliphatic heterocycles. The van der Waals surface area contributed by atoms with Crippen LogP contribution in [0.1, 0.15) is 0 Å². The van der Waals surface area contributed by atoms with E-state index in [2.05, 4.69) is 195 Å². The van der Waals surface area contributed by atoms with Crippen molar-refractivity contribution >= 4 is 18.4 Å². The summed E-state index contributed by atoms with van der Waals surface area (Å²) in [6, 6.07) is 65.2. The second-order valence-electron chi connectivity index (χ2n) is 13.8. The van der Waals surface area contributed by atoms with Crippen molar-refractivity contribution in [3.8, 4) is 78.4 Å². The molecule has 1 aliphatic rings. The van der Waals surface area contributed by atoms with E-state index in [0.717, 1.165) is 39.5 Å². The van der Waals surface area contributed by atoms with Gasteiger partial charge in [0.15, 0.2) is 5.82 Å². The first-order valence-electron chi connectivity index (χ1n) is 17.6. The predicted molar refractivity (Wildman–Crippen MR) is 217 cm³/mol. The van der Waals surface area contributed by atoms with E-state index in [-0.39, 0.29) is 0 Å². The fraction of sp³-hybridized carbons (Fsp3) is 0.0417. The van der Waals surface area contributed by atoms with Gasteiger partial charge in [-0.25, -0.2) is 9.97 Å². The molecule has 0 saturated carbocycles. The van der Waals surface area contributed by atoms with Crippen molar-refractivity contribution in [1.82, 2.24) is 9.97 Å². The van der Waals surface area contributed by atoms with E-state index in [0.29, 0.717) is 0 Å². The topological polar surface area (TPSA) is 25.8 Å². The minimum Gasteiger partial charge on any atom is -0.228 e. The second-order valence-corrected chi connectivity index (χ2v) is 18.1. The van der Waals surface area contributed by atoms with Crippen molar-refractivity contribution in [2.24, 2.45) is 0 Å². The van der Waals surface area contributed by atoms with Crippen molar-refractivity contribution in [1.29, 1.82) is 0 Å². The first-order chi connectivity index (χ1) is 25.0. The normalized spacial score (nSPS) is 12.7. The zero-order valence-corrected chi connectivity index (χ0v) is 29.7. The molecule has 0 atom stereocenters. The smallest absolute Gasteiger partial charge is 0.160 e. The van der Waals surface area contributed by atoms with Crippen LogP contribution in [0, 0.1) is 0 Å². The van der Waals surface area contributed by atoms with Crippen LogP contribution in [-0.2, 0) is 0 Å². The molecule has 0 amide bonds. The van der Waals surface area contributed by atoms with Gasteiger partial charge < -0.3 is 0 Å². The predicted octanol–water partition coefficient (Wildman–Crippen LogP) is 11.3. The van der Waals surface area contributed by atoms with Crippen LogP contribution in [0.15, 0.2) is 182 Å². The molecule has 0 aliphatic carbocycles. The SMILES string of the molecule is C[Si]1(C)c2ccccc2-c2nc(-c3cccc(-c4ccc(-c5cccc(-c6ccccc6)c5)cc4)c3)nc(-c3cccc(-c4ccccc4)c3)c21. The van der Waals surface area contributed by atoms with Gasteiger partial charge in [0.2, 0.25) is 0 Å². The second kappa shape index (κ2) is 12.6. The van der Waals surface area contributed by atoms with Gasteiger partial charge in [-0.15, -0.1) is 0 Å². The van der Waals surface area contributed by atoms with Crippen LogP contribution in [0.4, 0.5) is 0 Å². The molecule has 7 aromatic carbocycles. The third-order valence-corrected chi connectivity index (χ3v) is 13.8. The summed E-state index contributed by atoms with van der Waals surface area (Å²) in [5, 5.41) is 2.75. The summed E-state index contributed by atoms with van der Waals surface area (Å²) in [6.07, 6.45) is 0. The fourth-order valence-electron chi connectivity index (χ4n) is 7.63. The Morgan fingerprint density at radius 2 is 0.725 bits per heavy atom. The highest BCUT2D eigenvalue weighted by Crippen LogP contribution is 2.36. The van der Waals surface area contributed by atoms with E-state index in [4.69, 9.17) is 9.97 Å². The monoisotopic (exact) mass is 668 g/mol. The Hall–Kier alpha value is -6.16. The molecule has 0 radical (unpaired) electrons. The lowest BCUT2D eigenvalue weighted by atomic mass is 9.96. The van der Waals surface area contributed by atoms with Crippen LogP contribution >= 0.6 is 0 Å². The van der Waals surface area contributed by atoms with Crippen molar-refractivity contribution < 1.29 is 0 Å². The van der Waals surface area contributed by atoms with Crippen LogP contribution < -0.4 is 10.4 Å². The van der Waals surface area contributed by atoms with E-state index in [1.165, 1.54) is 49.3 Å². The maximum Gasteiger partial charge on any atom is 0.160 e. The fourth-order valence-corrected chi connectivity index (χ4v) is 10.9. The van der Waals surface area contributed by atoms with Crippen molar-refractivity contribution in [2.75, 3.05) is 0 Å². The molecular formula is C48H36N2Si. The van der Waals surface area contributed by atoms with Gasteiger partial charge in [-0.3, -0.25) is 0 Å². The molecule has 9 rings (SSSR count). The van der Waals surface area contributed by atoms with Gasteiger partial charge in [0, 0.05) is 11.1 Å². The average Bonchev–Trinajstić information content (AvgIpc) is 3.44. The zero-order chi connectivity index (χ0) is 34.4. The van der Waals surface area contributed by atoms with Crippen molar-refractivity contribution in [2.45, 2.75) is 13.1 Å². The molecule has 0 saturated heterocycles. The van der Waals surface area contributed by atoms with E-state index >= 15 is 0 Å². The lowest BCUT2D eigenvalue weighted by Gasteiger charge is -2.22. The molecule has 1 aromatic heterocycles.